The van der Waals surface area contributed by atoms with Crippen LogP contribution in [0.25, 0.3) is 0 Å². The molecule has 2 atom stereocenters. The number of aliphatic imine (C=N–C) groups is 1. The lowest BCUT2D eigenvalue weighted by atomic mass is 9.95. The van der Waals surface area contributed by atoms with E-state index in [-0.39, 0.29) is 0 Å². The van der Waals surface area contributed by atoms with Gasteiger partial charge in [-0.15, -0.1) is 0 Å². The van der Waals surface area contributed by atoms with Crippen molar-refractivity contribution in [2.75, 3.05) is 0 Å². The first-order valence-electron chi connectivity index (χ1n) is 9.71. The Morgan fingerprint density at radius 2 is 2.07 bits per heavy atom. The lowest BCUT2D eigenvalue weighted by Crippen LogP contribution is -2.09. The van der Waals surface area contributed by atoms with Gasteiger partial charge in [0.05, 0.1) is 6.04 Å². The van der Waals surface area contributed by atoms with Crippen molar-refractivity contribution in [2.24, 2.45) is 10.4 Å². The Kier molecular flexibility index (Phi) is 5.66. The van der Waals surface area contributed by atoms with Crippen LogP contribution in [0.5, 0.6) is 0 Å². The minimum atomic E-state index is 0.331. The first-order chi connectivity index (χ1) is 13.8. The number of allylic oxidation sites excluding steroid dienone is 7. The molecule has 28 heavy (non-hydrogen) atoms. The van der Waals surface area contributed by atoms with E-state index < -0.39 is 0 Å². The van der Waals surface area contributed by atoms with Gasteiger partial charge in [0.25, 0.3) is 0 Å². The van der Waals surface area contributed by atoms with Crippen LogP contribution in [-0.4, -0.2) is 27.2 Å². The highest BCUT2D eigenvalue weighted by atomic mass is 14.9. The molecular weight excluding hydrogens is 344 g/mol. The first kappa shape index (κ1) is 18.2. The maximum atomic E-state index is 4.44. The Morgan fingerprint density at radius 1 is 1.07 bits per heavy atom. The summed E-state index contributed by atoms with van der Waals surface area (Å²) < 4.78 is 0. The highest BCUT2D eigenvalue weighted by Gasteiger charge is 2.52. The van der Waals surface area contributed by atoms with Crippen molar-refractivity contribution in [1.29, 1.82) is 0 Å². The van der Waals surface area contributed by atoms with Gasteiger partial charge in [0, 0.05) is 42.3 Å². The zero-order chi connectivity index (χ0) is 19.1. The molecular formula is C24H24N4. The summed E-state index contributed by atoms with van der Waals surface area (Å²) in [6.45, 7) is 0. The number of aromatic nitrogens is 3. The summed E-state index contributed by atoms with van der Waals surface area (Å²) in [7, 11) is 0. The van der Waals surface area contributed by atoms with Gasteiger partial charge in [-0.2, -0.15) is 0 Å². The van der Waals surface area contributed by atoms with Crippen LogP contribution in [-0.2, 0) is 12.8 Å². The molecule has 0 saturated heterocycles. The minimum absolute atomic E-state index is 0.331. The second-order valence-corrected chi connectivity index (χ2v) is 7.33. The number of dihydropyridines is 1. The van der Waals surface area contributed by atoms with E-state index in [9.17, 15) is 0 Å². The van der Waals surface area contributed by atoms with Crippen LogP contribution in [0.2, 0.25) is 0 Å². The van der Waals surface area contributed by atoms with Gasteiger partial charge in [0.15, 0.2) is 0 Å². The maximum absolute atomic E-state index is 4.44. The van der Waals surface area contributed by atoms with Gasteiger partial charge in [-0.25, -0.2) is 9.97 Å². The van der Waals surface area contributed by atoms with E-state index in [1.54, 1.807) is 12.5 Å². The molecule has 3 heterocycles. The Balaban J connectivity index is 0.000000137. The van der Waals surface area contributed by atoms with E-state index in [0.717, 1.165) is 25.0 Å². The standard InChI is InChI=1S/2C12H12N2/c1-3-10(9-13-5-1)7-12-4-2-6-14-11(12)8-12;1-2-4-6-11(5-3-1)9-12-7-8-13-10-14-12/h1-6,9,11H,7-8H2;1,3-8,10H,2,9H2. The number of pyridine rings is 1. The molecule has 1 saturated carbocycles. The fourth-order valence-electron chi connectivity index (χ4n) is 3.57. The summed E-state index contributed by atoms with van der Waals surface area (Å²) >= 11 is 0. The summed E-state index contributed by atoms with van der Waals surface area (Å²) in [5.41, 5.74) is 4.00. The van der Waals surface area contributed by atoms with Crippen LogP contribution >= 0.6 is 0 Å². The Hall–Kier alpha value is -3.14. The SMILES string of the molecule is C1=CC2(Cc3cccnc3)CC2N=C1.C1=CCC=CC(Cc2ccncn2)=C1. The average molecular weight is 368 g/mol. The highest BCUT2D eigenvalue weighted by molar-refractivity contribution is 5.74. The smallest absolute Gasteiger partial charge is 0.115 e. The van der Waals surface area contributed by atoms with Crippen LogP contribution in [0, 0.1) is 5.41 Å². The first-order valence-corrected chi connectivity index (χ1v) is 9.71. The second kappa shape index (κ2) is 8.70. The van der Waals surface area contributed by atoms with E-state index in [1.165, 1.54) is 17.6 Å². The van der Waals surface area contributed by atoms with Gasteiger partial charge < -0.3 is 0 Å². The third-order valence-electron chi connectivity index (χ3n) is 5.19. The van der Waals surface area contributed by atoms with E-state index in [2.05, 4.69) is 68.5 Å². The van der Waals surface area contributed by atoms with Gasteiger partial charge in [0.2, 0.25) is 0 Å². The molecule has 0 spiro atoms. The van der Waals surface area contributed by atoms with Crippen LogP contribution in [0.3, 0.4) is 0 Å². The molecule has 4 nitrogen and oxygen atoms in total. The van der Waals surface area contributed by atoms with Gasteiger partial charge in [-0.1, -0.05) is 42.5 Å². The summed E-state index contributed by atoms with van der Waals surface area (Å²) in [4.78, 5) is 16.7. The van der Waals surface area contributed by atoms with Crippen molar-refractivity contribution in [3.05, 3.63) is 102 Å². The summed E-state index contributed by atoms with van der Waals surface area (Å²) in [6.07, 6.45) is 28.3. The van der Waals surface area contributed by atoms with Crippen LogP contribution in [0.15, 0.2) is 96.2 Å². The predicted molar refractivity (Wildman–Crippen MR) is 113 cm³/mol. The van der Waals surface area contributed by atoms with Crippen LogP contribution < -0.4 is 0 Å². The van der Waals surface area contributed by atoms with Crippen molar-refractivity contribution < 1.29 is 0 Å². The Labute approximate surface area is 166 Å². The van der Waals surface area contributed by atoms with Crippen molar-refractivity contribution >= 4 is 6.21 Å². The molecule has 1 fully saturated rings. The summed E-state index contributed by atoms with van der Waals surface area (Å²) in [5.74, 6) is 0. The number of hydrogen-bond acceptors (Lipinski definition) is 4. The molecule has 3 aliphatic rings. The molecule has 0 aromatic carbocycles. The van der Waals surface area contributed by atoms with Gasteiger partial charge in [0.1, 0.15) is 6.33 Å². The van der Waals surface area contributed by atoms with Crippen molar-refractivity contribution in [2.45, 2.75) is 31.7 Å². The monoisotopic (exact) mass is 368 g/mol. The normalized spacial score (nSPS) is 23.9. The lowest BCUT2D eigenvalue weighted by Gasteiger charge is -2.12. The van der Waals surface area contributed by atoms with Crippen LogP contribution in [0.4, 0.5) is 0 Å². The van der Waals surface area contributed by atoms with E-state index in [4.69, 9.17) is 0 Å². The maximum Gasteiger partial charge on any atom is 0.115 e. The number of nitrogens with zero attached hydrogens (tertiary/aromatic N) is 4. The molecule has 1 aliphatic heterocycles. The van der Waals surface area contributed by atoms with E-state index in [0.29, 0.717) is 11.5 Å². The zero-order valence-electron chi connectivity index (χ0n) is 15.9. The molecule has 0 bridgehead atoms. The quantitative estimate of drug-likeness (QED) is 0.799. The van der Waals surface area contributed by atoms with Gasteiger partial charge >= 0.3 is 0 Å². The second-order valence-electron chi connectivity index (χ2n) is 7.33. The Bertz CT molecular complexity index is 926. The zero-order valence-corrected chi connectivity index (χ0v) is 15.9. The van der Waals surface area contributed by atoms with E-state index >= 15 is 0 Å². The van der Waals surface area contributed by atoms with Crippen molar-refractivity contribution in [3.8, 4) is 0 Å². The van der Waals surface area contributed by atoms with Gasteiger partial charge in [-0.05, 0) is 48.6 Å². The third kappa shape index (κ3) is 4.77. The van der Waals surface area contributed by atoms with Gasteiger partial charge in [-0.3, -0.25) is 9.98 Å². The molecule has 0 radical (unpaired) electrons. The molecule has 4 heteroatoms. The largest absolute Gasteiger partial charge is 0.289 e. The third-order valence-corrected chi connectivity index (χ3v) is 5.19. The number of rotatable bonds is 4. The van der Waals surface area contributed by atoms with Crippen LogP contribution in [0.1, 0.15) is 24.1 Å². The summed E-state index contributed by atoms with van der Waals surface area (Å²) in [5, 5.41) is 0. The fraction of sp³-hybridized carbons (Fsp3) is 0.250. The predicted octanol–water partition coefficient (Wildman–Crippen LogP) is 4.49. The lowest BCUT2D eigenvalue weighted by molar-refractivity contribution is 0.613. The Morgan fingerprint density at radius 3 is 2.89 bits per heavy atom. The fourth-order valence-corrected chi connectivity index (χ4v) is 3.57. The molecule has 2 aliphatic carbocycles. The molecule has 2 aromatic rings. The molecule has 140 valence electrons. The highest BCUT2D eigenvalue weighted by Crippen LogP contribution is 2.53. The summed E-state index contributed by atoms with van der Waals surface area (Å²) in [6, 6.07) is 6.62. The van der Waals surface area contributed by atoms with Crippen molar-refractivity contribution in [3.63, 3.8) is 0 Å². The number of fused-ring (bicyclic) bond motifs is 1. The van der Waals surface area contributed by atoms with Crippen molar-refractivity contribution in [1.82, 2.24) is 15.0 Å². The molecule has 2 aromatic heterocycles. The molecule has 0 amide bonds. The molecule has 2 unspecified atom stereocenters. The average Bonchev–Trinajstić information content (AvgIpc) is 3.50. The number of hydrogen-bond donors (Lipinski definition) is 0. The molecule has 0 N–H and O–H groups in total. The van der Waals surface area contributed by atoms with E-state index in [1.807, 2.05) is 30.7 Å². The molecule has 5 rings (SSSR count). The minimum Gasteiger partial charge on any atom is -0.289 e. The topological polar surface area (TPSA) is 51.0 Å².